The van der Waals surface area contributed by atoms with Crippen LogP contribution >= 0.6 is 22.9 Å². The number of aryl methyl sites for hydroxylation is 1. The molecule has 0 bridgehead atoms. The molecule has 1 aliphatic carbocycles. The maximum atomic E-state index is 13.9. The second kappa shape index (κ2) is 10.4. The minimum Gasteiger partial charge on any atom is -0.469 e. The number of pyridine rings is 1. The number of halogens is 3. The van der Waals surface area contributed by atoms with Crippen LogP contribution in [0.2, 0.25) is 5.02 Å². The number of thiophene rings is 1. The smallest absolute Gasteiger partial charge is 0.412 e. The number of amides is 2. The lowest BCUT2D eigenvalue weighted by Crippen LogP contribution is -2.19. The molecule has 0 saturated heterocycles. The molecular formula is C25H22ClF2N3O5S. The van der Waals surface area contributed by atoms with Crippen LogP contribution in [0.1, 0.15) is 24.3 Å². The minimum absolute atomic E-state index is 0.221. The molecule has 12 heteroatoms. The highest BCUT2D eigenvalue weighted by atomic mass is 35.5. The van der Waals surface area contributed by atoms with Crippen LogP contribution in [0.3, 0.4) is 0 Å². The first-order chi connectivity index (χ1) is 17.5. The summed E-state index contributed by atoms with van der Waals surface area (Å²) in [6, 6.07) is 11.8. The average Bonchev–Trinajstić information content (AvgIpc) is 3.17. The number of alkyl halides is 2. The highest BCUT2D eigenvalue weighted by Crippen LogP contribution is 2.56. The summed E-state index contributed by atoms with van der Waals surface area (Å²) >= 11 is 7.49. The van der Waals surface area contributed by atoms with Crippen molar-refractivity contribution in [1.82, 2.24) is 4.98 Å². The molecular weight excluding hydrogens is 528 g/mol. The Bertz CT molecular complexity index is 1370. The van der Waals surface area contributed by atoms with Crippen molar-refractivity contribution >= 4 is 52.3 Å². The van der Waals surface area contributed by atoms with E-state index in [1.807, 2.05) is 0 Å². The number of methoxy groups -OCH3 is 1. The highest BCUT2D eigenvalue weighted by Gasteiger charge is 2.76. The Morgan fingerprint density at radius 1 is 1.08 bits per heavy atom. The molecule has 1 aromatic carbocycles. The molecule has 1 saturated carbocycles. The molecule has 2 unspecified atom stereocenters. The van der Waals surface area contributed by atoms with Crippen LogP contribution in [0.25, 0.3) is 10.6 Å². The van der Waals surface area contributed by atoms with Gasteiger partial charge in [0.25, 0.3) is 5.92 Å². The van der Waals surface area contributed by atoms with E-state index in [4.69, 9.17) is 16.3 Å². The zero-order chi connectivity index (χ0) is 26.9. The van der Waals surface area contributed by atoms with Crippen molar-refractivity contribution in [3.8, 4) is 10.6 Å². The predicted molar refractivity (Wildman–Crippen MR) is 135 cm³/mol. The van der Waals surface area contributed by atoms with E-state index >= 15 is 0 Å². The zero-order valence-electron chi connectivity index (χ0n) is 19.9. The molecule has 2 amide bonds. The molecule has 0 radical (unpaired) electrons. The Morgan fingerprint density at radius 3 is 2.49 bits per heavy atom. The lowest BCUT2D eigenvalue weighted by molar-refractivity contribution is -0.144. The first kappa shape index (κ1) is 26.5. The fourth-order valence-electron chi connectivity index (χ4n) is 3.88. The van der Waals surface area contributed by atoms with Crippen molar-refractivity contribution in [3.05, 3.63) is 64.1 Å². The van der Waals surface area contributed by atoms with Gasteiger partial charge in [-0.05, 0) is 43.5 Å². The molecule has 4 rings (SSSR count). The van der Waals surface area contributed by atoms with Crippen LogP contribution in [-0.4, -0.2) is 36.0 Å². The van der Waals surface area contributed by atoms with E-state index in [0.717, 1.165) is 7.11 Å². The summed E-state index contributed by atoms with van der Waals surface area (Å²) in [5.41, 5.74) is 2.20. The van der Waals surface area contributed by atoms with Crippen molar-refractivity contribution in [2.45, 2.75) is 25.9 Å². The quantitative estimate of drug-likeness (QED) is 0.346. The SMILES string of the molecule is COC(=O)C1C(C(=O)Nc2ccc(-c3sccc3NC(=O)O[C@H](C)c3ccccc3Cl)nc2C)C1(F)F. The van der Waals surface area contributed by atoms with Gasteiger partial charge in [0.1, 0.15) is 17.9 Å². The van der Waals surface area contributed by atoms with Crippen LogP contribution in [0.5, 0.6) is 0 Å². The van der Waals surface area contributed by atoms with Crippen molar-refractivity contribution in [1.29, 1.82) is 0 Å². The Hall–Kier alpha value is -3.57. The van der Waals surface area contributed by atoms with E-state index < -0.39 is 41.8 Å². The molecule has 8 nitrogen and oxygen atoms in total. The Kier molecular flexibility index (Phi) is 7.47. The molecule has 0 aliphatic heterocycles. The van der Waals surface area contributed by atoms with Crippen molar-refractivity contribution in [2.75, 3.05) is 17.7 Å². The van der Waals surface area contributed by atoms with E-state index in [1.165, 1.54) is 17.4 Å². The van der Waals surface area contributed by atoms with Gasteiger partial charge in [0.2, 0.25) is 5.91 Å². The topological polar surface area (TPSA) is 107 Å². The van der Waals surface area contributed by atoms with Crippen molar-refractivity contribution in [2.24, 2.45) is 11.8 Å². The van der Waals surface area contributed by atoms with Crippen LogP contribution in [-0.2, 0) is 19.1 Å². The fourth-order valence-corrected chi connectivity index (χ4v) is 4.99. The second-order valence-corrected chi connectivity index (χ2v) is 9.65. The van der Waals surface area contributed by atoms with Gasteiger partial charge in [0, 0.05) is 10.6 Å². The molecule has 2 aromatic heterocycles. The molecule has 1 aliphatic rings. The molecule has 3 atom stereocenters. The number of anilines is 2. The van der Waals surface area contributed by atoms with Crippen LogP contribution in [0.4, 0.5) is 25.0 Å². The third-order valence-electron chi connectivity index (χ3n) is 5.90. The first-order valence-corrected chi connectivity index (χ1v) is 12.3. The third-order valence-corrected chi connectivity index (χ3v) is 7.18. The molecule has 3 aromatic rings. The van der Waals surface area contributed by atoms with Gasteiger partial charge < -0.3 is 14.8 Å². The maximum Gasteiger partial charge on any atom is 0.412 e. The van der Waals surface area contributed by atoms with Gasteiger partial charge in [0.05, 0.1) is 34.7 Å². The number of hydrogen-bond acceptors (Lipinski definition) is 7. The third kappa shape index (κ3) is 5.42. The standard InChI is InChI=1S/C25H22ClF2N3O5S/c1-12-16(30-22(32)19-20(23(33)35-3)25(19,27)28)8-9-17(29-12)21-18(10-11-37-21)31-24(34)36-13(2)14-6-4-5-7-15(14)26/h4-11,13,19-20H,1-3H3,(H,30,32)(H,31,34)/t13-,19?,20?/m1/s1. The van der Waals surface area contributed by atoms with Crippen molar-refractivity contribution in [3.63, 3.8) is 0 Å². The van der Waals surface area contributed by atoms with E-state index in [0.29, 0.717) is 32.5 Å². The fraction of sp³-hybridized carbons (Fsp3) is 0.280. The van der Waals surface area contributed by atoms with Gasteiger partial charge >= 0.3 is 12.1 Å². The number of nitrogens with zero attached hydrogens (tertiary/aromatic N) is 1. The number of ether oxygens (including phenoxy) is 2. The van der Waals surface area contributed by atoms with Gasteiger partial charge in [-0.15, -0.1) is 11.3 Å². The summed E-state index contributed by atoms with van der Waals surface area (Å²) in [4.78, 5) is 41.5. The summed E-state index contributed by atoms with van der Waals surface area (Å²) in [7, 11) is 0.991. The average molecular weight is 550 g/mol. The molecule has 37 heavy (non-hydrogen) atoms. The number of aromatic nitrogens is 1. The van der Waals surface area contributed by atoms with Gasteiger partial charge in [-0.3, -0.25) is 19.9 Å². The minimum atomic E-state index is -3.46. The molecule has 2 N–H and O–H groups in total. The molecule has 2 heterocycles. The largest absolute Gasteiger partial charge is 0.469 e. The summed E-state index contributed by atoms with van der Waals surface area (Å²) in [6.45, 7) is 3.31. The number of esters is 1. The summed E-state index contributed by atoms with van der Waals surface area (Å²) in [5.74, 6) is -9.19. The zero-order valence-corrected chi connectivity index (χ0v) is 21.5. The van der Waals surface area contributed by atoms with E-state index in [9.17, 15) is 23.2 Å². The number of carbonyl (C=O) groups excluding carboxylic acids is 3. The lowest BCUT2D eigenvalue weighted by atomic mass is 10.1. The molecule has 194 valence electrons. The second-order valence-electron chi connectivity index (χ2n) is 8.33. The molecule has 1 fully saturated rings. The Morgan fingerprint density at radius 2 is 1.81 bits per heavy atom. The van der Waals surface area contributed by atoms with E-state index in [2.05, 4.69) is 20.4 Å². The van der Waals surface area contributed by atoms with Crippen molar-refractivity contribution < 1.29 is 32.6 Å². The number of carbonyl (C=O) groups is 3. The van der Waals surface area contributed by atoms with Crippen LogP contribution < -0.4 is 10.6 Å². The maximum absolute atomic E-state index is 13.9. The van der Waals surface area contributed by atoms with Gasteiger partial charge in [-0.2, -0.15) is 0 Å². The monoisotopic (exact) mass is 549 g/mol. The summed E-state index contributed by atoms with van der Waals surface area (Å²) in [6.07, 6.45) is -1.27. The number of nitrogens with one attached hydrogen (secondary N) is 2. The summed E-state index contributed by atoms with van der Waals surface area (Å²) < 4.78 is 37.6. The number of benzene rings is 1. The Balaban J connectivity index is 1.43. The van der Waals surface area contributed by atoms with E-state index in [1.54, 1.807) is 55.6 Å². The van der Waals surface area contributed by atoms with Gasteiger partial charge in [0.15, 0.2) is 0 Å². The summed E-state index contributed by atoms with van der Waals surface area (Å²) in [5, 5.41) is 7.35. The normalized spacial score (nSPS) is 18.4. The number of hydrogen-bond donors (Lipinski definition) is 2. The number of rotatable bonds is 7. The molecule has 0 spiro atoms. The van der Waals surface area contributed by atoms with Crippen LogP contribution in [0.15, 0.2) is 47.8 Å². The predicted octanol–water partition coefficient (Wildman–Crippen LogP) is 6.07. The van der Waals surface area contributed by atoms with Crippen LogP contribution in [0, 0.1) is 18.8 Å². The lowest BCUT2D eigenvalue weighted by Gasteiger charge is -2.15. The Labute approximate surface area is 219 Å². The first-order valence-electron chi connectivity index (χ1n) is 11.1. The van der Waals surface area contributed by atoms with Gasteiger partial charge in [-0.25, -0.2) is 13.6 Å². The van der Waals surface area contributed by atoms with Gasteiger partial charge in [-0.1, -0.05) is 29.8 Å². The van der Waals surface area contributed by atoms with E-state index in [-0.39, 0.29) is 5.69 Å². The highest BCUT2D eigenvalue weighted by molar-refractivity contribution is 7.14.